The molecule has 38 heavy (non-hydrogen) atoms. The fourth-order valence-electron chi connectivity index (χ4n) is 7.96. The minimum atomic E-state index is -1.70. The van der Waals surface area contributed by atoms with Crippen LogP contribution in [0.25, 0.3) is 0 Å². The van der Waals surface area contributed by atoms with Gasteiger partial charge in [-0.3, -0.25) is 19.2 Å². The molecule has 0 aliphatic heterocycles. The maximum atomic E-state index is 12.8. The lowest BCUT2D eigenvalue weighted by Gasteiger charge is -2.60. The third-order valence-electron chi connectivity index (χ3n) is 9.94. The molecule has 0 amide bonds. The Morgan fingerprint density at radius 2 is 1.84 bits per heavy atom. The fraction of sp³-hybridized carbons (Fsp3) is 0.724. The van der Waals surface area contributed by atoms with Crippen LogP contribution in [0, 0.1) is 28.6 Å². The number of aliphatic hydroxyl groups is 3. The zero-order valence-corrected chi connectivity index (χ0v) is 22.5. The number of hydrogen-bond donors (Lipinski definition) is 3. The number of fused-ring (bicyclic) bond motifs is 5. The van der Waals surface area contributed by atoms with Gasteiger partial charge in [0.2, 0.25) is 0 Å². The Labute approximate surface area is 223 Å². The van der Waals surface area contributed by atoms with Crippen molar-refractivity contribution in [1.82, 2.24) is 0 Å². The third kappa shape index (κ3) is 4.56. The average molecular weight is 533 g/mol. The van der Waals surface area contributed by atoms with Gasteiger partial charge in [0.1, 0.15) is 18.0 Å². The molecule has 210 valence electrons. The van der Waals surface area contributed by atoms with Crippen LogP contribution in [0.5, 0.6) is 0 Å². The quantitative estimate of drug-likeness (QED) is 0.301. The number of aliphatic hydroxyl groups excluding tert-OH is 2. The van der Waals surface area contributed by atoms with Gasteiger partial charge in [-0.05, 0) is 69.8 Å². The standard InChI is InChI=1S/C29H40O9/c1-4-24(34)37-12-6-5-7-25(35)38-23-14-18(31)13-17-8-9-19-20-10-11-29(36,22(33)16-30)27(20,2)15-21(32)26(19)28(17,23)3/h13-14,19-21,26,30,32,36H,4-12,15-16H2,1-3H3/t19-,20-,21-,26+,27-,28+,29-/m0/s1. The second kappa shape index (κ2) is 10.7. The Morgan fingerprint density at radius 1 is 1.11 bits per heavy atom. The number of esters is 2. The lowest BCUT2D eigenvalue weighted by Crippen LogP contribution is -2.62. The van der Waals surface area contributed by atoms with E-state index in [9.17, 15) is 34.5 Å². The molecule has 0 radical (unpaired) electrons. The molecule has 0 aromatic heterocycles. The van der Waals surface area contributed by atoms with Crippen LogP contribution in [0.4, 0.5) is 0 Å². The zero-order valence-electron chi connectivity index (χ0n) is 22.5. The molecule has 0 unspecified atom stereocenters. The number of unbranched alkanes of at least 4 members (excludes halogenated alkanes) is 1. The minimum Gasteiger partial charge on any atom is -0.466 e. The van der Waals surface area contributed by atoms with Gasteiger partial charge in [0.05, 0.1) is 18.1 Å². The Bertz CT molecular complexity index is 1060. The van der Waals surface area contributed by atoms with Crippen molar-refractivity contribution < 1.29 is 44.0 Å². The zero-order chi connectivity index (χ0) is 27.9. The highest BCUT2D eigenvalue weighted by atomic mass is 16.5. The molecule has 0 spiro atoms. The van der Waals surface area contributed by atoms with E-state index in [2.05, 4.69) is 0 Å². The molecule has 4 aliphatic carbocycles. The van der Waals surface area contributed by atoms with Gasteiger partial charge < -0.3 is 24.8 Å². The van der Waals surface area contributed by atoms with Crippen LogP contribution in [0.2, 0.25) is 0 Å². The summed E-state index contributed by atoms with van der Waals surface area (Å²) in [6.45, 7) is 4.94. The lowest BCUT2D eigenvalue weighted by molar-refractivity contribution is -0.182. The monoisotopic (exact) mass is 532 g/mol. The Kier molecular flexibility index (Phi) is 8.04. The molecule has 3 saturated carbocycles. The SMILES string of the molecule is CCC(=O)OCCCCC(=O)OC1=CC(=O)C=C2CC[C@@H]3[C@H]([C@@H](O)C[C@@]4(C)[C@H]3CC[C@]4(O)C(=O)CO)[C@]21C. The van der Waals surface area contributed by atoms with Crippen molar-refractivity contribution in [3.63, 3.8) is 0 Å². The van der Waals surface area contributed by atoms with E-state index < -0.39 is 40.9 Å². The summed E-state index contributed by atoms with van der Waals surface area (Å²) in [7, 11) is 0. The fourth-order valence-corrected chi connectivity index (χ4v) is 7.96. The number of carbonyl (C=O) groups is 4. The van der Waals surface area contributed by atoms with E-state index in [1.165, 1.54) is 6.08 Å². The van der Waals surface area contributed by atoms with Crippen LogP contribution in [0.1, 0.15) is 78.6 Å². The molecule has 0 aromatic rings. The molecule has 9 heteroatoms. The minimum absolute atomic E-state index is 0.0739. The summed E-state index contributed by atoms with van der Waals surface area (Å²) in [5.74, 6) is -1.94. The predicted octanol–water partition coefficient (Wildman–Crippen LogP) is 2.55. The van der Waals surface area contributed by atoms with Crippen molar-refractivity contribution in [2.24, 2.45) is 28.6 Å². The average Bonchev–Trinajstić information content (AvgIpc) is 3.14. The lowest BCUT2D eigenvalue weighted by atomic mass is 9.45. The Hall–Kier alpha value is -2.36. The van der Waals surface area contributed by atoms with Gasteiger partial charge in [-0.25, -0.2) is 0 Å². The first kappa shape index (κ1) is 28.6. The number of ether oxygens (including phenoxy) is 2. The molecule has 3 fully saturated rings. The molecule has 0 aromatic carbocycles. The molecule has 0 bridgehead atoms. The van der Waals surface area contributed by atoms with Gasteiger partial charge in [-0.15, -0.1) is 0 Å². The highest BCUT2D eigenvalue weighted by molar-refractivity contribution is 6.02. The first-order valence-electron chi connectivity index (χ1n) is 13.8. The molecule has 4 aliphatic rings. The van der Waals surface area contributed by atoms with Crippen molar-refractivity contribution in [3.05, 3.63) is 23.5 Å². The first-order chi connectivity index (χ1) is 17.9. The molecule has 9 nitrogen and oxygen atoms in total. The Morgan fingerprint density at radius 3 is 2.53 bits per heavy atom. The normalized spacial score (nSPS) is 37.8. The van der Waals surface area contributed by atoms with Crippen molar-refractivity contribution in [1.29, 1.82) is 0 Å². The van der Waals surface area contributed by atoms with Crippen molar-refractivity contribution in [2.45, 2.75) is 90.3 Å². The summed E-state index contributed by atoms with van der Waals surface area (Å²) >= 11 is 0. The van der Waals surface area contributed by atoms with Gasteiger partial charge >= 0.3 is 11.9 Å². The highest BCUT2D eigenvalue weighted by Crippen LogP contribution is 2.68. The maximum Gasteiger partial charge on any atom is 0.310 e. The smallest absolute Gasteiger partial charge is 0.310 e. The molecule has 4 rings (SSSR count). The third-order valence-corrected chi connectivity index (χ3v) is 9.94. The van der Waals surface area contributed by atoms with Crippen LogP contribution in [0.15, 0.2) is 23.5 Å². The van der Waals surface area contributed by atoms with E-state index in [0.717, 1.165) is 5.57 Å². The summed E-state index contributed by atoms with van der Waals surface area (Å²) in [6, 6.07) is 0. The van der Waals surface area contributed by atoms with E-state index in [1.54, 1.807) is 13.0 Å². The largest absolute Gasteiger partial charge is 0.466 e. The van der Waals surface area contributed by atoms with Gasteiger partial charge in [0.25, 0.3) is 0 Å². The number of hydrogen-bond acceptors (Lipinski definition) is 9. The van der Waals surface area contributed by atoms with Crippen molar-refractivity contribution in [3.8, 4) is 0 Å². The predicted molar refractivity (Wildman–Crippen MR) is 135 cm³/mol. The van der Waals surface area contributed by atoms with Crippen molar-refractivity contribution >= 4 is 23.5 Å². The van der Waals surface area contributed by atoms with E-state index in [4.69, 9.17) is 9.47 Å². The topological polar surface area (TPSA) is 147 Å². The van der Waals surface area contributed by atoms with Gasteiger partial charge in [-0.2, -0.15) is 0 Å². The summed E-state index contributed by atoms with van der Waals surface area (Å²) in [4.78, 5) is 49.2. The molecular formula is C29H40O9. The van der Waals surface area contributed by atoms with E-state index >= 15 is 0 Å². The number of carbonyl (C=O) groups excluding carboxylic acids is 4. The Balaban J connectivity index is 1.54. The van der Waals surface area contributed by atoms with Gasteiger partial charge in [0, 0.05) is 30.3 Å². The van der Waals surface area contributed by atoms with E-state index in [0.29, 0.717) is 38.5 Å². The summed E-state index contributed by atoms with van der Waals surface area (Å²) in [5.41, 5.74) is -2.65. The number of ketones is 2. The molecule has 7 atom stereocenters. The highest BCUT2D eigenvalue weighted by Gasteiger charge is 2.69. The van der Waals surface area contributed by atoms with Crippen LogP contribution in [0.3, 0.4) is 0 Å². The van der Waals surface area contributed by atoms with Crippen LogP contribution < -0.4 is 0 Å². The number of allylic oxidation sites excluding steroid dienone is 3. The second-order valence-electron chi connectivity index (χ2n) is 11.8. The molecule has 3 N–H and O–H groups in total. The van der Waals surface area contributed by atoms with Gasteiger partial charge in [-0.1, -0.05) is 19.4 Å². The summed E-state index contributed by atoms with van der Waals surface area (Å²) < 4.78 is 10.9. The molecular weight excluding hydrogens is 492 g/mol. The first-order valence-corrected chi connectivity index (χ1v) is 13.8. The van der Waals surface area contributed by atoms with Gasteiger partial charge in [0.15, 0.2) is 11.6 Å². The maximum absolute atomic E-state index is 12.8. The molecule has 0 heterocycles. The van der Waals surface area contributed by atoms with Crippen molar-refractivity contribution in [2.75, 3.05) is 13.2 Å². The van der Waals surface area contributed by atoms with E-state index in [-0.39, 0.29) is 61.1 Å². The van der Waals surface area contributed by atoms with Crippen LogP contribution in [-0.4, -0.2) is 63.7 Å². The number of Topliss-reactive ketones (excluding diaryl/α,β-unsaturated/α-hetero) is 1. The second-order valence-corrected chi connectivity index (χ2v) is 11.8. The van der Waals surface area contributed by atoms with Crippen LogP contribution in [-0.2, 0) is 28.7 Å². The van der Waals surface area contributed by atoms with Crippen LogP contribution >= 0.6 is 0 Å². The van der Waals surface area contributed by atoms with E-state index in [1.807, 2.05) is 13.8 Å². The summed E-state index contributed by atoms with van der Waals surface area (Å²) in [5, 5.41) is 32.5. The molecule has 0 saturated heterocycles. The number of rotatable bonds is 9. The summed E-state index contributed by atoms with van der Waals surface area (Å²) in [6.07, 6.45) is 5.60.